The van der Waals surface area contributed by atoms with Crippen LogP contribution in [0.2, 0.25) is 0 Å². The number of hydrogen-bond donors (Lipinski definition) is 4. The molecule has 0 radical (unpaired) electrons. The molecule has 0 unspecified atom stereocenters. The number of aliphatic hydroxyl groups excluding tert-OH is 1. The lowest BCUT2D eigenvalue weighted by Crippen LogP contribution is -2.47. The Balaban J connectivity index is 1.12. The number of hydrogen-bond acceptors (Lipinski definition) is 11. The van der Waals surface area contributed by atoms with Crippen LogP contribution in [-0.2, 0) is 21.9 Å². The first-order chi connectivity index (χ1) is 29.1. The number of nitrogens with zero attached hydrogens (tertiary/aromatic N) is 3. The van der Waals surface area contributed by atoms with E-state index in [9.17, 15) is 23.1 Å². The lowest BCUT2D eigenvalue weighted by atomic mass is 9.86. The molecule has 0 atom stereocenters. The number of aliphatic hydroxyl groups is 1. The van der Waals surface area contributed by atoms with Crippen molar-refractivity contribution in [2.75, 3.05) is 81.7 Å². The molecule has 15 heteroatoms. The van der Waals surface area contributed by atoms with Crippen LogP contribution in [0.25, 0.3) is 10.8 Å². The number of benzene rings is 4. The SMILES string of the molecule is COc1cc(Cc2cc(Oc3ccc(NC(=O)Nc4cc(C(C)(C)C)cc(NS(C)(=O)=O)c4OC)c4ccccc34)ccn2)ccc1C(=O)CCCN1CCN(CCO)CC1. The molecule has 0 aliphatic carbocycles. The molecule has 1 aliphatic heterocycles. The zero-order valence-electron chi connectivity index (χ0n) is 35.7. The van der Waals surface area contributed by atoms with E-state index in [1.54, 1.807) is 43.6 Å². The number of piperazine rings is 1. The Labute approximate surface area is 358 Å². The average molecular weight is 853 g/mol. The summed E-state index contributed by atoms with van der Waals surface area (Å²) in [6, 6.07) is 23.3. The third-order valence-corrected chi connectivity index (χ3v) is 11.2. The highest BCUT2D eigenvalue weighted by Crippen LogP contribution is 2.40. The average Bonchev–Trinajstić information content (AvgIpc) is 3.21. The van der Waals surface area contributed by atoms with Crippen molar-refractivity contribution in [1.82, 2.24) is 14.8 Å². The van der Waals surface area contributed by atoms with Gasteiger partial charge in [0.05, 0.1) is 49.7 Å². The number of methoxy groups -OCH3 is 2. The number of anilines is 3. The van der Waals surface area contributed by atoms with Gasteiger partial charge >= 0.3 is 6.03 Å². The van der Waals surface area contributed by atoms with Crippen molar-refractivity contribution in [2.45, 2.75) is 45.4 Å². The number of sulfonamides is 1. The van der Waals surface area contributed by atoms with Gasteiger partial charge in [-0.15, -0.1) is 0 Å². The third kappa shape index (κ3) is 12.0. The van der Waals surface area contributed by atoms with E-state index in [1.807, 2.05) is 69.3 Å². The van der Waals surface area contributed by atoms with Crippen LogP contribution in [0.15, 0.2) is 85.1 Å². The summed E-state index contributed by atoms with van der Waals surface area (Å²) in [7, 11) is -0.657. The molecule has 1 aliphatic rings. The number of ether oxygens (including phenoxy) is 3. The smallest absolute Gasteiger partial charge is 0.323 e. The Bertz CT molecular complexity index is 2460. The number of aromatic nitrogens is 1. The highest BCUT2D eigenvalue weighted by Gasteiger charge is 2.23. The zero-order chi connectivity index (χ0) is 43.7. The Kier molecular flexibility index (Phi) is 14.5. The van der Waals surface area contributed by atoms with Crippen LogP contribution in [0.3, 0.4) is 0 Å². The minimum atomic E-state index is -3.64. The quantitative estimate of drug-likeness (QED) is 0.0682. The summed E-state index contributed by atoms with van der Waals surface area (Å²) >= 11 is 0. The van der Waals surface area contributed by atoms with Gasteiger partial charge in [0.15, 0.2) is 11.5 Å². The second kappa shape index (κ2) is 19.8. The summed E-state index contributed by atoms with van der Waals surface area (Å²) in [4.78, 5) is 36.0. The third-order valence-electron chi connectivity index (χ3n) is 10.6. The number of nitrogens with one attached hydrogen (secondary N) is 3. The molecular formula is C46H56N6O8S. The van der Waals surface area contributed by atoms with Crippen LogP contribution in [-0.4, -0.2) is 106 Å². The van der Waals surface area contributed by atoms with E-state index >= 15 is 0 Å². The number of carbonyl (C=O) groups excluding carboxylic acids is 2. The summed E-state index contributed by atoms with van der Waals surface area (Å²) in [5, 5.41) is 16.5. The number of carbonyl (C=O) groups is 2. The molecule has 0 bridgehead atoms. The number of fused-ring (bicyclic) bond motifs is 1. The Morgan fingerprint density at radius 3 is 2.16 bits per heavy atom. The van der Waals surface area contributed by atoms with Gasteiger partial charge in [-0.2, -0.15) is 0 Å². The molecule has 1 aromatic heterocycles. The normalized spacial score (nSPS) is 13.8. The first-order valence-corrected chi connectivity index (χ1v) is 22.2. The number of amides is 2. The van der Waals surface area contributed by atoms with Gasteiger partial charge in [-0.25, -0.2) is 13.2 Å². The van der Waals surface area contributed by atoms with Crippen LogP contribution in [0, 0.1) is 0 Å². The molecule has 2 amide bonds. The van der Waals surface area contributed by atoms with E-state index in [0.717, 1.165) is 73.0 Å². The van der Waals surface area contributed by atoms with Crippen LogP contribution < -0.4 is 29.6 Å². The molecule has 6 rings (SSSR count). The molecule has 5 aromatic rings. The first-order valence-electron chi connectivity index (χ1n) is 20.3. The monoisotopic (exact) mass is 852 g/mol. The molecule has 2 heterocycles. The van der Waals surface area contributed by atoms with E-state index in [-0.39, 0.29) is 29.2 Å². The molecule has 14 nitrogen and oxygen atoms in total. The second-order valence-corrected chi connectivity index (χ2v) is 17.9. The molecule has 1 saturated heterocycles. The molecule has 4 N–H and O–H groups in total. The van der Waals surface area contributed by atoms with Crippen LogP contribution >= 0.6 is 0 Å². The van der Waals surface area contributed by atoms with E-state index in [1.165, 1.54) is 7.11 Å². The lowest BCUT2D eigenvalue weighted by Gasteiger charge is -2.34. The van der Waals surface area contributed by atoms with Crippen molar-refractivity contribution < 1.29 is 37.3 Å². The molecule has 61 heavy (non-hydrogen) atoms. The van der Waals surface area contributed by atoms with Gasteiger partial charge in [0.2, 0.25) is 10.0 Å². The minimum Gasteiger partial charge on any atom is -0.496 e. The topological polar surface area (TPSA) is 172 Å². The number of β-amino-alcohol motifs (C(OH)–C–C–N with tert-alkyl or cyclic N) is 1. The largest absolute Gasteiger partial charge is 0.496 e. The molecular weight excluding hydrogens is 797 g/mol. The lowest BCUT2D eigenvalue weighted by molar-refractivity contribution is 0.0946. The van der Waals surface area contributed by atoms with Crippen molar-refractivity contribution in [2.24, 2.45) is 0 Å². The van der Waals surface area contributed by atoms with E-state index in [0.29, 0.717) is 53.6 Å². The highest BCUT2D eigenvalue weighted by atomic mass is 32.2. The first kappa shape index (κ1) is 44.8. The number of pyridine rings is 1. The fourth-order valence-electron chi connectivity index (χ4n) is 7.40. The van der Waals surface area contributed by atoms with Crippen LogP contribution in [0.5, 0.6) is 23.0 Å². The fourth-order valence-corrected chi connectivity index (χ4v) is 7.95. The summed E-state index contributed by atoms with van der Waals surface area (Å²) < 4.78 is 44.5. The van der Waals surface area contributed by atoms with Crippen molar-refractivity contribution in [3.05, 3.63) is 107 Å². The second-order valence-electron chi connectivity index (χ2n) is 16.2. The summed E-state index contributed by atoms with van der Waals surface area (Å²) in [5.74, 6) is 1.91. The van der Waals surface area contributed by atoms with Gasteiger partial charge in [-0.3, -0.25) is 19.4 Å². The molecule has 4 aromatic carbocycles. The zero-order valence-corrected chi connectivity index (χ0v) is 36.5. The van der Waals surface area contributed by atoms with Gasteiger partial charge in [0.1, 0.15) is 17.2 Å². The highest BCUT2D eigenvalue weighted by molar-refractivity contribution is 7.92. The van der Waals surface area contributed by atoms with E-state index < -0.39 is 16.1 Å². The summed E-state index contributed by atoms with van der Waals surface area (Å²) in [5.41, 5.74) is 3.72. The predicted molar refractivity (Wildman–Crippen MR) is 240 cm³/mol. The molecule has 0 saturated carbocycles. The van der Waals surface area contributed by atoms with Gasteiger partial charge < -0.3 is 34.9 Å². The van der Waals surface area contributed by atoms with Gasteiger partial charge in [-0.05, 0) is 72.0 Å². The minimum absolute atomic E-state index is 0.0501. The van der Waals surface area contributed by atoms with Crippen molar-refractivity contribution in [3.63, 3.8) is 0 Å². The maximum atomic E-state index is 13.5. The Morgan fingerprint density at radius 1 is 0.803 bits per heavy atom. The predicted octanol–water partition coefficient (Wildman–Crippen LogP) is 7.52. The van der Waals surface area contributed by atoms with Crippen molar-refractivity contribution in [3.8, 4) is 23.0 Å². The van der Waals surface area contributed by atoms with Crippen molar-refractivity contribution >= 4 is 49.7 Å². The summed E-state index contributed by atoms with van der Waals surface area (Å²) in [6.45, 7) is 11.5. The van der Waals surface area contributed by atoms with Crippen LogP contribution in [0.4, 0.5) is 21.9 Å². The number of rotatable bonds is 17. The molecule has 0 spiro atoms. The van der Waals surface area contributed by atoms with Crippen molar-refractivity contribution in [1.29, 1.82) is 0 Å². The van der Waals surface area contributed by atoms with E-state index in [2.05, 4.69) is 30.1 Å². The Morgan fingerprint density at radius 2 is 1.49 bits per heavy atom. The molecule has 1 fully saturated rings. The van der Waals surface area contributed by atoms with Gasteiger partial charge in [0, 0.05) is 74.3 Å². The van der Waals surface area contributed by atoms with Gasteiger partial charge in [-0.1, -0.05) is 51.1 Å². The maximum Gasteiger partial charge on any atom is 0.323 e. The number of urea groups is 1. The Hall–Kier alpha value is -5.74. The van der Waals surface area contributed by atoms with E-state index in [4.69, 9.17) is 14.2 Å². The number of ketones is 1. The van der Waals surface area contributed by atoms with Gasteiger partial charge in [0.25, 0.3) is 0 Å². The number of Topliss-reactive ketones (excluding diaryl/α,β-unsaturated/α-hetero) is 1. The molecule has 324 valence electrons. The fraction of sp³-hybridized carbons (Fsp3) is 0.370. The standard InChI is InChI=1S/C46H56N6O8S/c1-46(2,3)32-28-39(44(59-5)40(29-32)50-61(6,56)57)49-45(55)48-38-15-16-42(36-11-8-7-10-35(36)38)60-34-17-18-47-33(30-34)26-31-13-14-37(43(27-31)58-4)41(54)12-9-19-51-20-22-52(23-21-51)24-25-53/h7-8,10-11,13-18,27-30,50,53H,9,12,19-26H2,1-6H3,(H2,48,49,55). The van der Waals surface area contributed by atoms with Crippen LogP contribution in [0.1, 0.15) is 60.8 Å². The summed E-state index contributed by atoms with van der Waals surface area (Å²) in [6.07, 6.45) is 4.43. The maximum absolute atomic E-state index is 13.5.